The van der Waals surface area contributed by atoms with Crippen molar-refractivity contribution in [2.24, 2.45) is 47.2 Å². The number of aliphatic hydroxyl groups is 1. The molecule has 0 bridgehead atoms. The van der Waals surface area contributed by atoms with E-state index in [1.54, 1.807) is 41.5 Å². The first-order valence-electron chi connectivity index (χ1n) is 32.6. The average molecular weight is 1280 g/mol. The van der Waals surface area contributed by atoms with Crippen molar-refractivity contribution in [3.05, 3.63) is 0 Å². The van der Waals surface area contributed by atoms with E-state index in [0.29, 0.717) is 19.4 Å². The van der Waals surface area contributed by atoms with Gasteiger partial charge in [0, 0.05) is 62.2 Å². The van der Waals surface area contributed by atoms with Crippen molar-refractivity contribution in [2.45, 2.75) is 242 Å². The molecule has 516 valence electrons. The summed E-state index contributed by atoms with van der Waals surface area (Å²) in [6.07, 6.45) is 0.527. The summed E-state index contributed by atoms with van der Waals surface area (Å²) < 4.78 is 0. The molecule has 12 atom stereocenters. The fraction of sp³-hybridized carbons (Fsp3) is 0.815. The maximum atomic E-state index is 15.3. The van der Waals surface area contributed by atoms with Gasteiger partial charge in [-0.3, -0.25) is 57.5 Å². The van der Waals surface area contributed by atoms with Crippen LogP contribution in [0.4, 0.5) is 0 Å². The van der Waals surface area contributed by atoms with Crippen LogP contribution in [0.5, 0.6) is 0 Å². The zero-order valence-corrected chi connectivity index (χ0v) is 58.9. The van der Waals surface area contributed by atoms with Crippen LogP contribution in [0.25, 0.3) is 0 Å². The van der Waals surface area contributed by atoms with Crippen molar-refractivity contribution in [1.29, 1.82) is 0 Å². The van der Waals surface area contributed by atoms with Crippen LogP contribution in [0.15, 0.2) is 0 Å². The third kappa shape index (κ3) is 23.8. The van der Waals surface area contributed by atoms with E-state index < -0.39 is 156 Å². The molecule has 0 spiro atoms. The van der Waals surface area contributed by atoms with Gasteiger partial charge in [0.1, 0.15) is 66.2 Å². The Morgan fingerprint density at radius 1 is 0.478 bits per heavy atom. The Balaban J connectivity index is 4.34. The highest BCUT2D eigenvalue weighted by molar-refractivity contribution is 5.99. The Hall–Kier alpha value is -6.24. The molecule has 1 saturated heterocycles. The standard InChI is InChI=1S/C65H118N12O13/c1-24-46-61(86)71(17)35-51(79)72(18)47(31-36(2)3)58(83)70-52(40(10)11)64(89)73(19)48(32-37(4)5)57(82)67-43(15)56(81)68-44(16)60(85)74(20)49(33-38(6)7)62(87)75(21)50(34-39(8)9)63(88)76(22)53(41(12)13)65(90)77(23)54(59(84)69-46)55(80)42(14)27-25-28-45(78)29-26-30-66/h36-44,46-50,52-55,80H,24-35,66H2,1-23H3,(H,67,82)(H,68,81)(H,69,84)(H,70,83)/t42-,43+,44-,46+,47+,48+,49+,50+,52+,53+,54+,55-/m1/s1. The van der Waals surface area contributed by atoms with E-state index in [-0.39, 0.29) is 80.8 Å². The van der Waals surface area contributed by atoms with Gasteiger partial charge in [-0.15, -0.1) is 0 Å². The highest BCUT2D eigenvalue weighted by Crippen LogP contribution is 2.26. The molecule has 0 saturated carbocycles. The molecule has 11 amide bonds. The number of ketones is 1. The van der Waals surface area contributed by atoms with Gasteiger partial charge in [-0.1, -0.05) is 96.9 Å². The Labute approximate surface area is 538 Å². The maximum Gasteiger partial charge on any atom is 0.246 e. The molecule has 0 radical (unpaired) electrons. The summed E-state index contributed by atoms with van der Waals surface area (Å²) in [5.74, 6) is -10.2. The van der Waals surface area contributed by atoms with Gasteiger partial charge in [0.05, 0.1) is 12.6 Å². The molecular formula is C65H118N12O13. The Morgan fingerprint density at radius 3 is 1.37 bits per heavy atom. The number of amides is 11. The van der Waals surface area contributed by atoms with Crippen molar-refractivity contribution in [1.82, 2.24) is 55.6 Å². The third-order valence-electron chi connectivity index (χ3n) is 17.1. The van der Waals surface area contributed by atoms with Gasteiger partial charge >= 0.3 is 0 Å². The molecule has 0 aromatic rings. The SMILES string of the molecule is CC[C@@H]1NC(=O)[C@H]([C@H](O)[C@H](C)CCCC(=O)CCCN)N(C)C(=O)[C@H](C(C)C)N(C)C(=O)[C@H](CC(C)C)N(C)C(=O)[C@H](CC(C)C)N(C)C(=O)[C@@H](C)NC(=O)[C@H](C)NC(=O)[C@H](CC(C)C)N(C)C(=O)[C@H](C(C)C)NC(=O)[C@H](CC(C)C)N(C)C(=O)CN(C)C1=O. The number of hydrogen-bond acceptors (Lipinski definition) is 14. The smallest absolute Gasteiger partial charge is 0.246 e. The van der Waals surface area contributed by atoms with Gasteiger partial charge in [-0.05, 0) is 113 Å². The van der Waals surface area contributed by atoms with Gasteiger partial charge < -0.3 is 66.4 Å². The van der Waals surface area contributed by atoms with E-state index in [9.17, 15) is 48.3 Å². The number of carbonyl (C=O) groups is 12. The zero-order valence-electron chi connectivity index (χ0n) is 58.9. The highest BCUT2D eigenvalue weighted by atomic mass is 16.3. The highest BCUT2D eigenvalue weighted by Gasteiger charge is 2.46. The summed E-state index contributed by atoms with van der Waals surface area (Å²) in [6, 6.07) is -12.6. The quantitative estimate of drug-likeness (QED) is 0.102. The number of nitrogens with zero attached hydrogens (tertiary/aromatic N) is 7. The molecule has 0 aromatic heterocycles. The monoisotopic (exact) mass is 1270 g/mol. The predicted octanol–water partition coefficient (Wildman–Crippen LogP) is 2.78. The number of Topliss-reactive ketones (excluding diaryl/α,β-unsaturated/α-hetero) is 1. The summed E-state index contributed by atoms with van der Waals surface area (Å²) in [5, 5.41) is 23.3. The normalized spacial score (nSPS) is 25.9. The molecule has 1 heterocycles. The second kappa shape index (κ2) is 37.9. The minimum absolute atomic E-state index is 0.0125. The molecular weight excluding hydrogens is 1160 g/mol. The van der Waals surface area contributed by atoms with Crippen molar-refractivity contribution in [2.75, 3.05) is 62.4 Å². The van der Waals surface area contributed by atoms with Crippen LogP contribution in [0, 0.1) is 41.4 Å². The first-order valence-corrected chi connectivity index (χ1v) is 32.6. The lowest BCUT2D eigenvalue weighted by Gasteiger charge is -2.41. The van der Waals surface area contributed by atoms with Gasteiger partial charge in [-0.25, -0.2) is 0 Å². The van der Waals surface area contributed by atoms with Crippen molar-refractivity contribution < 1.29 is 62.6 Å². The molecule has 90 heavy (non-hydrogen) atoms. The summed E-state index contributed by atoms with van der Waals surface area (Å²) >= 11 is 0. The van der Waals surface area contributed by atoms with Crippen molar-refractivity contribution in [3.63, 3.8) is 0 Å². The van der Waals surface area contributed by atoms with E-state index in [4.69, 9.17) is 5.73 Å². The fourth-order valence-electron chi connectivity index (χ4n) is 11.4. The molecule has 0 unspecified atom stereocenters. The topological polar surface area (TPSA) is 322 Å². The van der Waals surface area contributed by atoms with Crippen LogP contribution in [0.3, 0.4) is 0 Å². The molecule has 1 rings (SSSR count). The van der Waals surface area contributed by atoms with E-state index in [1.807, 2.05) is 55.4 Å². The number of carbonyl (C=O) groups excluding carboxylic acids is 12. The van der Waals surface area contributed by atoms with Crippen LogP contribution < -0.4 is 27.0 Å². The lowest BCUT2D eigenvalue weighted by atomic mass is 9.89. The van der Waals surface area contributed by atoms with Crippen LogP contribution in [-0.2, 0) is 57.5 Å². The zero-order chi connectivity index (χ0) is 69.7. The molecule has 25 nitrogen and oxygen atoms in total. The summed E-state index contributed by atoms with van der Waals surface area (Å²) in [4.78, 5) is 182. The summed E-state index contributed by atoms with van der Waals surface area (Å²) in [5.41, 5.74) is 5.63. The van der Waals surface area contributed by atoms with E-state index >= 15 is 14.4 Å². The largest absolute Gasteiger partial charge is 0.390 e. The second-order valence-electron chi connectivity index (χ2n) is 27.6. The van der Waals surface area contributed by atoms with E-state index in [1.165, 1.54) is 87.7 Å². The summed E-state index contributed by atoms with van der Waals surface area (Å²) in [7, 11) is 9.81. The predicted molar refractivity (Wildman–Crippen MR) is 346 cm³/mol. The van der Waals surface area contributed by atoms with Crippen molar-refractivity contribution >= 4 is 70.8 Å². The third-order valence-corrected chi connectivity index (χ3v) is 17.1. The first-order chi connectivity index (χ1) is 41.6. The van der Waals surface area contributed by atoms with E-state index in [2.05, 4.69) is 21.3 Å². The molecule has 0 aromatic carbocycles. The minimum atomic E-state index is -1.69. The number of aliphatic hydroxyl groups excluding tert-OH is 1. The number of rotatable bonds is 20. The van der Waals surface area contributed by atoms with Crippen molar-refractivity contribution in [3.8, 4) is 0 Å². The summed E-state index contributed by atoms with van der Waals surface area (Å²) in [6.45, 7) is 27.7. The average Bonchev–Trinajstić information content (AvgIpc) is 1.04. The van der Waals surface area contributed by atoms with Crippen LogP contribution >= 0.6 is 0 Å². The van der Waals surface area contributed by atoms with E-state index in [0.717, 1.165) is 9.80 Å². The van der Waals surface area contributed by atoms with Crippen LogP contribution in [-0.4, -0.2) is 239 Å². The molecule has 25 heteroatoms. The number of likely N-dealkylation sites (N-methyl/N-ethyl adjacent to an activating group) is 7. The number of nitrogens with one attached hydrogen (secondary N) is 4. The maximum absolute atomic E-state index is 15.3. The molecule has 1 fully saturated rings. The fourth-order valence-corrected chi connectivity index (χ4v) is 11.4. The van der Waals surface area contributed by atoms with Crippen LogP contribution in [0.2, 0.25) is 0 Å². The Kier molecular flexibility index (Phi) is 34.5. The lowest BCUT2D eigenvalue weighted by Crippen LogP contribution is -2.63. The number of nitrogens with two attached hydrogens (primary N) is 1. The molecule has 1 aliphatic rings. The van der Waals surface area contributed by atoms with Gasteiger partial charge in [0.2, 0.25) is 65.0 Å². The second-order valence-corrected chi connectivity index (χ2v) is 27.6. The lowest BCUT2D eigenvalue weighted by molar-refractivity contribution is -0.157. The number of hydrogen-bond donors (Lipinski definition) is 6. The molecule has 7 N–H and O–H groups in total. The van der Waals surface area contributed by atoms with Gasteiger partial charge in [0.15, 0.2) is 0 Å². The van der Waals surface area contributed by atoms with Gasteiger partial charge in [0.25, 0.3) is 0 Å². The van der Waals surface area contributed by atoms with Crippen LogP contribution in [0.1, 0.15) is 175 Å². The molecule has 1 aliphatic heterocycles. The first kappa shape index (κ1) is 81.8. The minimum Gasteiger partial charge on any atom is -0.390 e. The van der Waals surface area contributed by atoms with Gasteiger partial charge in [-0.2, -0.15) is 0 Å². The Bertz CT molecular complexity index is 2440. The Morgan fingerprint density at radius 2 is 0.900 bits per heavy atom. The molecule has 0 aliphatic carbocycles.